The van der Waals surface area contributed by atoms with E-state index in [1.807, 2.05) is 80.6 Å². The third-order valence-corrected chi connectivity index (χ3v) is 6.80. The Morgan fingerprint density at radius 3 is 2.49 bits per heavy atom. The summed E-state index contributed by atoms with van der Waals surface area (Å²) >= 11 is 0. The van der Waals surface area contributed by atoms with E-state index in [1.54, 1.807) is 7.11 Å². The molecule has 0 saturated carbocycles. The molecule has 4 rings (SSSR count). The standard InChI is InChI=1S/C31H32N4O4/c1-5-15-34-21(2)16-25(22(34)3)17-26(19-32)31(37)39-20-30(36)35-29(24-11-13-27(38-4)14-12-24)18-28(33-35)23-9-7-6-8-10-23/h6-14,16-17,29H,5,15,18,20H2,1-4H3/b26-17-. The van der Waals surface area contributed by atoms with E-state index in [0.29, 0.717) is 12.2 Å². The van der Waals surface area contributed by atoms with E-state index in [4.69, 9.17) is 9.47 Å². The number of rotatable bonds is 9. The Labute approximate surface area is 228 Å². The van der Waals surface area contributed by atoms with Crippen LogP contribution < -0.4 is 4.74 Å². The van der Waals surface area contributed by atoms with Gasteiger partial charge in [0, 0.05) is 24.4 Å². The van der Waals surface area contributed by atoms with E-state index < -0.39 is 18.5 Å². The quantitative estimate of drug-likeness (QED) is 0.214. The molecule has 0 radical (unpaired) electrons. The summed E-state index contributed by atoms with van der Waals surface area (Å²) in [4.78, 5) is 26.1. The van der Waals surface area contributed by atoms with Gasteiger partial charge in [-0.3, -0.25) is 4.79 Å². The van der Waals surface area contributed by atoms with Crippen molar-refractivity contribution in [1.29, 1.82) is 5.26 Å². The van der Waals surface area contributed by atoms with Crippen molar-refractivity contribution in [3.05, 3.63) is 94.3 Å². The zero-order valence-electron chi connectivity index (χ0n) is 22.7. The Bertz CT molecular complexity index is 1450. The summed E-state index contributed by atoms with van der Waals surface area (Å²) in [7, 11) is 1.60. The number of nitriles is 1. The number of ether oxygens (including phenoxy) is 2. The number of amides is 1. The molecule has 1 aliphatic heterocycles. The molecule has 0 N–H and O–H groups in total. The van der Waals surface area contributed by atoms with E-state index in [9.17, 15) is 14.9 Å². The zero-order chi connectivity index (χ0) is 27.9. The Morgan fingerprint density at radius 1 is 1.13 bits per heavy atom. The summed E-state index contributed by atoms with van der Waals surface area (Å²) in [5.74, 6) is -0.619. The van der Waals surface area contributed by atoms with Crippen molar-refractivity contribution >= 4 is 23.7 Å². The third-order valence-electron chi connectivity index (χ3n) is 6.80. The van der Waals surface area contributed by atoms with E-state index >= 15 is 0 Å². The van der Waals surface area contributed by atoms with Crippen molar-refractivity contribution in [2.24, 2.45) is 5.10 Å². The van der Waals surface area contributed by atoms with Gasteiger partial charge in [-0.25, -0.2) is 9.80 Å². The van der Waals surface area contributed by atoms with Crippen LogP contribution in [0.5, 0.6) is 5.75 Å². The molecule has 1 aromatic heterocycles. The maximum Gasteiger partial charge on any atom is 0.349 e. The second-order valence-electron chi connectivity index (χ2n) is 9.37. The lowest BCUT2D eigenvalue weighted by Gasteiger charge is -2.22. The molecule has 0 spiro atoms. The number of hydrogen-bond donors (Lipinski definition) is 0. The Morgan fingerprint density at radius 2 is 1.85 bits per heavy atom. The van der Waals surface area contributed by atoms with E-state index in [2.05, 4.69) is 16.6 Å². The fourth-order valence-electron chi connectivity index (χ4n) is 4.74. The molecule has 2 heterocycles. The van der Waals surface area contributed by atoms with Crippen molar-refractivity contribution in [2.75, 3.05) is 13.7 Å². The van der Waals surface area contributed by atoms with E-state index in [0.717, 1.165) is 46.8 Å². The largest absolute Gasteiger partial charge is 0.497 e. The van der Waals surface area contributed by atoms with Crippen LogP contribution in [0, 0.1) is 25.2 Å². The molecule has 3 aromatic rings. The number of hydrogen-bond acceptors (Lipinski definition) is 6. The van der Waals surface area contributed by atoms with Crippen molar-refractivity contribution in [1.82, 2.24) is 9.58 Å². The highest BCUT2D eigenvalue weighted by molar-refractivity contribution is 6.03. The number of esters is 1. The van der Waals surface area contributed by atoms with Crippen molar-refractivity contribution < 1.29 is 19.1 Å². The fraction of sp³-hybridized carbons (Fsp3) is 0.290. The van der Waals surface area contributed by atoms with Crippen molar-refractivity contribution in [2.45, 2.75) is 46.2 Å². The first-order valence-electron chi connectivity index (χ1n) is 12.9. The van der Waals surface area contributed by atoms with Gasteiger partial charge in [0.25, 0.3) is 5.91 Å². The van der Waals surface area contributed by atoms with Gasteiger partial charge in [0.1, 0.15) is 17.4 Å². The molecule has 0 fully saturated rings. The molecule has 0 bridgehead atoms. The maximum atomic E-state index is 13.3. The average Bonchev–Trinajstić information content (AvgIpc) is 3.52. The molecule has 8 nitrogen and oxygen atoms in total. The Kier molecular flexibility index (Phi) is 8.62. The summed E-state index contributed by atoms with van der Waals surface area (Å²) in [5.41, 5.74) is 5.18. The SMILES string of the molecule is CCCn1c(C)cc(/C=C(/C#N)C(=O)OCC(=O)N2N=C(c3ccccc3)CC2c2ccc(OC)cc2)c1C. The number of carbonyl (C=O) groups excluding carboxylic acids is 2. The van der Waals surface area contributed by atoms with E-state index in [-0.39, 0.29) is 11.6 Å². The minimum atomic E-state index is -0.849. The van der Waals surface area contributed by atoms with Crippen LogP contribution in [0.2, 0.25) is 0 Å². The molecule has 1 unspecified atom stereocenters. The summed E-state index contributed by atoms with van der Waals surface area (Å²) in [6, 6.07) is 20.6. The number of carbonyl (C=O) groups is 2. The molecule has 1 amide bonds. The molecule has 1 aliphatic rings. The molecule has 8 heteroatoms. The topological polar surface area (TPSA) is 96.9 Å². The summed E-state index contributed by atoms with van der Waals surface area (Å²) in [6.07, 6.45) is 2.99. The number of aryl methyl sites for hydroxylation is 1. The first-order chi connectivity index (χ1) is 18.9. The number of hydrazone groups is 1. The van der Waals surface area contributed by atoms with Crippen LogP contribution >= 0.6 is 0 Å². The van der Waals surface area contributed by atoms with Gasteiger partial charge in [-0.1, -0.05) is 49.4 Å². The molecule has 0 aliphatic carbocycles. The van der Waals surface area contributed by atoms with Gasteiger partial charge in [0.15, 0.2) is 6.61 Å². The van der Waals surface area contributed by atoms with Gasteiger partial charge < -0.3 is 14.0 Å². The van der Waals surface area contributed by atoms with Crippen LogP contribution in [0.3, 0.4) is 0 Å². The summed E-state index contributed by atoms with van der Waals surface area (Å²) < 4.78 is 12.7. The molecule has 1 atom stereocenters. The third kappa shape index (κ3) is 6.10. The minimum absolute atomic E-state index is 0.166. The minimum Gasteiger partial charge on any atom is -0.497 e. The van der Waals surface area contributed by atoms with Gasteiger partial charge >= 0.3 is 5.97 Å². The number of aromatic nitrogens is 1. The average molecular weight is 525 g/mol. The zero-order valence-corrected chi connectivity index (χ0v) is 22.7. The molecule has 39 heavy (non-hydrogen) atoms. The molecular weight excluding hydrogens is 492 g/mol. The van der Waals surface area contributed by atoms with Crippen molar-refractivity contribution in [3.8, 4) is 11.8 Å². The summed E-state index contributed by atoms with van der Waals surface area (Å²) in [6.45, 7) is 6.35. The lowest BCUT2D eigenvalue weighted by molar-refractivity contribution is -0.149. The number of nitrogens with zero attached hydrogens (tertiary/aromatic N) is 4. The molecule has 0 saturated heterocycles. The van der Waals surface area contributed by atoms with Crippen LogP contribution in [0.1, 0.15) is 53.9 Å². The number of benzene rings is 2. The van der Waals surface area contributed by atoms with Gasteiger partial charge in [0.05, 0.1) is 18.9 Å². The second kappa shape index (κ2) is 12.3. The van der Waals surface area contributed by atoms with Crippen LogP contribution in [-0.2, 0) is 20.9 Å². The highest BCUT2D eigenvalue weighted by Gasteiger charge is 2.33. The highest BCUT2D eigenvalue weighted by atomic mass is 16.5. The fourth-order valence-corrected chi connectivity index (χ4v) is 4.74. The van der Waals surface area contributed by atoms with Gasteiger partial charge in [-0.15, -0.1) is 0 Å². The molecule has 200 valence electrons. The molecular formula is C31H32N4O4. The van der Waals surface area contributed by atoms with Gasteiger partial charge in [-0.05, 0) is 61.2 Å². The van der Waals surface area contributed by atoms with Gasteiger partial charge in [0.2, 0.25) is 0 Å². The Balaban J connectivity index is 1.52. The predicted octanol–water partition coefficient (Wildman–Crippen LogP) is 5.35. The van der Waals surface area contributed by atoms with E-state index in [1.165, 1.54) is 11.1 Å². The van der Waals surface area contributed by atoms with Crippen LogP contribution in [-0.4, -0.2) is 40.9 Å². The van der Waals surface area contributed by atoms with Crippen LogP contribution in [0.15, 0.2) is 71.3 Å². The highest BCUT2D eigenvalue weighted by Crippen LogP contribution is 2.33. The van der Waals surface area contributed by atoms with Gasteiger partial charge in [-0.2, -0.15) is 10.4 Å². The normalized spacial score (nSPS) is 15.1. The maximum absolute atomic E-state index is 13.3. The lowest BCUT2D eigenvalue weighted by Crippen LogP contribution is -2.31. The predicted molar refractivity (Wildman–Crippen MR) is 149 cm³/mol. The smallest absolute Gasteiger partial charge is 0.349 e. The Hall–Kier alpha value is -4.64. The van der Waals surface area contributed by atoms with Crippen molar-refractivity contribution in [3.63, 3.8) is 0 Å². The summed E-state index contributed by atoms with van der Waals surface area (Å²) in [5, 5.41) is 15.6. The lowest BCUT2D eigenvalue weighted by atomic mass is 9.98. The van der Waals surface area contributed by atoms with Crippen LogP contribution in [0.25, 0.3) is 6.08 Å². The second-order valence-corrected chi connectivity index (χ2v) is 9.37. The first-order valence-corrected chi connectivity index (χ1v) is 12.9. The molecule has 2 aromatic carbocycles. The number of methoxy groups -OCH3 is 1. The monoisotopic (exact) mass is 524 g/mol. The van der Waals surface area contributed by atoms with Crippen LogP contribution in [0.4, 0.5) is 0 Å². The first kappa shape index (κ1) is 27.4.